The minimum Gasteiger partial charge on any atom is -0.497 e. The number of aliphatic hydroxyl groups excluding tert-OH is 1. The molecule has 1 rings (SSSR count). The lowest BCUT2D eigenvalue weighted by Crippen LogP contribution is -2.34. The second-order valence-electron chi connectivity index (χ2n) is 6.05. The molecule has 4 heteroatoms. The summed E-state index contributed by atoms with van der Waals surface area (Å²) < 4.78 is 5.13. The summed E-state index contributed by atoms with van der Waals surface area (Å²) >= 11 is 0. The average molecular weight is 291 g/mol. The molecule has 0 heterocycles. The Bertz CT molecular complexity index is 493. The molecule has 0 saturated heterocycles. The van der Waals surface area contributed by atoms with E-state index >= 15 is 0 Å². The third-order valence-corrected chi connectivity index (χ3v) is 3.11. The molecule has 116 valence electrons. The summed E-state index contributed by atoms with van der Waals surface area (Å²) in [6.07, 6.45) is 3.53. The van der Waals surface area contributed by atoms with Crippen LogP contribution in [0.15, 0.2) is 30.3 Å². The maximum absolute atomic E-state index is 11.8. The zero-order chi connectivity index (χ0) is 15.9. The highest BCUT2D eigenvalue weighted by atomic mass is 16.5. The van der Waals surface area contributed by atoms with E-state index in [2.05, 4.69) is 5.32 Å². The lowest BCUT2D eigenvalue weighted by molar-refractivity contribution is -0.117. The normalized spacial score (nSPS) is 13.2. The molecule has 21 heavy (non-hydrogen) atoms. The molecular weight excluding hydrogens is 266 g/mol. The zero-order valence-electron chi connectivity index (χ0n) is 13.2. The summed E-state index contributed by atoms with van der Waals surface area (Å²) in [4.78, 5) is 11.8. The van der Waals surface area contributed by atoms with Crippen molar-refractivity contribution in [2.24, 2.45) is 5.41 Å². The van der Waals surface area contributed by atoms with Crippen LogP contribution >= 0.6 is 0 Å². The van der Waals surface area contributed by atoms with Crippen molar-refractivity contribution in [3.63, 3.8) is 0 Å². The van der Waals surface area contributed by atoms with Crippen molar-refractivity contribution in [1.29, 1.82) is 0 Å². The van der Waals surface area contributed by atoms with E-state index in [-0.39, 0.29) is 17.4 Å². The Morgan fingerprint density at radius 1 is 1.48 bits per heavy atom. The number of aliphatic hydroxyl groups is 1. The van der Waals surface area contributed by atoms with Crippen molar-refractivity contribution < 1.29 is 14.6 Å². The van der Waals surface area contributed by atoms with Crippen molar-refractivity contribution in [2.45, 2.75) is 33.3 Å². The molecule has 4 nitrogen and oxygen atoms in total. The van der Waals surface area contributed by atoms with Crippen LogP contribution in [0.2, 0.25) is 0 Å². The van der Waals surface area contributed by atoms with Gasteiger partial charge >= 0.3 is 0 Å². The maximum atomic E-state index is 11.8. The van der Waals surface area contributed by atoms with E-state index in [0.29, 0.717) is 13.0 Å². The molecule has 0 aliphatic rings. The van der Waals surface area contributed by atoms with E-state index in [0.717, 1.165) is 11.3 Å². The first kappa shape index (κ1) is 17.2. The largest absolute Gasteiger partial charge is 0.497 e. The molecule has 1 aromatic rings. The molecule has 1 unspecified atom stereocenters. The summed E-state index contributed by atoms with van der Waals surface area (Å²) in [5.74, 6) is 0.618. The zero-order valence-corrected chi connectivity index (χ0v) is 13.2. The lowest BCUT2D eigenvalue weighted by Gasteiger charge is -2.26. The summed E-state index contributed by atoms with van der Waals surface area (Å²) in [6.45, 7) is 6.32. The Balaban J connectivity index is 2.51. The Morgan fingerprint density at radius 2 is 2.19 bits per heavy atom. The molecule has 0 saturated carbocycles. The fraction of sp³-hybridized carbons (Fsp3) is 0.471. The number of amides is 1. The van der Waals surface area contributed by atoms with Gasteiger partial charge in [-0.2, -0.15) is 0 Å². The minimum atomic E-state index is -0.371. The standard InChI is InChI=1S/C17H25NO3/c1-13(19)11-17(2,3)12-18-16(20)9-8-14-6-5-7-15(10-14)21-4/h5-10,13,19H,11-12H2,1-4H3,(H,18,20)/b9-8+. The topological polar surface area (TPSA) is 58.6 Å². The third-order valence-electron chi connectivity index (χ3n) is 3.11. The van der Waals surface area contributed by atoms with Crippen LogP contribution in [0.1, 0.15) is 32.8 Å². The molecule has 0 spiro atoms. The van der Waals surface area contributed by atoms with Gasteiger partial charge in [0.1, 0.15) is 5.75 Å². The highest BCUT2D eigenvalue weighted by molar-refractivity contribution is 5.91. The van der Waals surface area contributed by atoms with Gasteiger partial charge in [0.15, 0.2) is 0 Å². The predicted octanol–water partition coefficient (Wildman–Crippen LogP) is 2.62. The monoisotopic (exact) mass is 291 g/mol. The first-order valence-corrected chi connectivity index (χ1v) is 7.10. The first-order chi connectivity index (χ1) is 9.82. The van der Waals surface area contributed by atoms with Crippen molar-refractivity contribution in [3.05, 3.63) is 35.9 Å². The predicted molar refractivity (Wildman–Crippen MR) is 85.1 cm³/mol. The maximum Gasteiger partial charge on any atom is 0.244 e. The molecule has 0 aromatic heterocycles. The van der Waals surface area contributed by atoms with Crippen LogP contribution in [-0.2, 0) is 4.79 Å². The number of benzene rings is 1. The fourth-order valence-corrected chi connectivity index (χ4v) is 2.17. The lowest BCUT2D eigenvalue weighted by atomic mass is 9.87. The molecule has 0 aliphatic heterocycles. The molecule has 0 fully saturated rings. The van der Waals surface area contributed by atoms with Crippen LogP contribution in [0.5, 0.6) is 5.75 Å². The van der Waals surface area contributed by atoms with Crippen molar-refractivity contribution >= 4 is 12.0 Å². The number of hydrogen-bond acceptors (Lipinski definition) is 3. The highest BCUT2D eigenvalue weighted by Gasteiger charge is 2.20. The van der Waals surface area contributed by atoms with E-state index in [4.69, 9.17) is 4.74 Å². The summed E-state index contributed by atoms with van der Waals surface area (Å²) in [6, 6.07) is 7.50. The third kappa shape index (κ3) is 6.95. The van der Waals surface area contributed by atoms with Gasteiger partial charge in [0.25, 0.3) is 0 Å². The van der Waals surface area contributed by atoms with E-state index < -0.39 is 0 Å². The number of nitrogens with one attached hydrogen (secondary N) is 1. The molecular formula is C17H25NO3. The molecule has 1 amide bonds. The van der Waals surface area contributed by atoms with Gasteiger partial charge in [0.05, 0.1) is 13.2 Å². The number of carbonyl (C=O) groups is 1. The van der Waals surface area contributed by atoms with Gasteiger partial charge in [-0.25, -0.2) is 0 Å². The summed E-state index contributed by atoms with van der Waals surface area (Å²) in [5.41, 5.74) is 0.779. The number of hydrogen-bond donors (Lipinski definition) is 2. The van der Waals surface area contributed by atoms with Crippen LogP contribution in [0, 0.1) is 5.41 Å². The van der Waals surface area contributed by atoms with E-state index in [1.165, 1.54) is 6.08 Å². The van der Waals surface area contributed by atoms with Gasteiger partial charge < -0.3 is 15.2 Å². The van der Waals surface area contributed by atoms with Gasteiger partial charge in [0.2, 0.25) is 5.91 Å². The average Bonchev–Trinajstić information content (AvgIpc) is 2.42. The molecule has 0 radical (unpaired) electrons. The number of methoxy groups -OCH3 is 1. The van der Waals surface area contributed by atoms with E-state index in [1.807, 2.05) is 38.1 Å². The molecule has 2 N–H and O–H groups in total. The van der Waals surface area contributed by atoms with Crippen molar-refractivity contribution in [3.8, 4) is 5.75 Å². The second kappa shape index (κ2) is 7.84. The quantitative estimate of drug-likeness (QED) is 0.759. The molecule has 1 aromatic carbocycles. The van der Waals surface area contributed by atoms with Gasteiger partial charge in [0, 0.05) is 12.6 Å². The smallest absolute Gasteiger partial charge is 0.244 e. The number of rotatable bonds is 7. The van der Waals surface area contributed by atoms with E-state index in [1.54, 1.807) is 20.1 Å². The molecule has 0 aliphatic carbocycles. The highest BCUT2D eigenvalue weighted by Crippen LogP contribution is 2.21. The van der Waals surface area contributed by atoms with Crippen LogP contribution in [0.4, 0.5) is 0 Å². The van der Waals surface area contributed by atoms with Crippen LogP contribution in [0.3, 0.4) is 0 Å². The SMILES string of the molecule is COc1cccc(/C=C/C(=O)NCC(C)(C)CC(C)O)c1. The first-order valence-electron chi connectivity index (χ1n) is 7.10. The van der Waals surface area contributed by atoms with Gasteiger partial charge in [-0.15, -0.1) is 0 Å². The van der Waals surface area contributed by atoms with Gasteiger partial charge in [-0.3, -0.25) is 4.79 Å². The van der Waals surface area contributed by atoms with Crippen LogP contribution in [-0.4, -0.2) is 30.8 Å². The van der Waals surface area contributed by atoms with Gasteiger partial charge in [-0.1, -0.05) is 26.0 Å². The van der Waals surface area contributed by atoms with Crippen molar-refractivity contribution in [1.82, 2.24) is 5.32 Å². The molecule has 1 atom stereocenters. The van der Waals surface area contributed by atoms with Crippen LogP contribution < -0.4 is 10.1 Å². The second-order valence-corrected chi connectivity index (χ2v) is 6.05. The molecule has 0 bridgehead atoms. The van der Waals surface area contributed by atoms with Crippen LogP contribution in [0.25, 0.3) is 6.08 Å². The fourth-order valence-electron chi connectivity index (χ4n) is 2.17. The minimum absolute atomic E-state index is 0.131. The Hall–Kier alpha value is -1.81. The Morgan fingerprint density at radius 3 is 2.81 bits per heavy atom. The number of carbonyl (C=O) groups excluding carboxylic acids is 1. The number of ether oxygens (including phenoxy) is 1. The van der Waals surface area contributed by atoms with Gasteiger partial charge in [-0.05, 0) is 42.5 Å². The van der Waals surface area contributed by atoms with E-state index in [9.17, 15) is 9.90 Å². The summed E-state index contributed by atoms with van der Waals surface area (Å²) in [5, 5.41) is 12.3. The Kier molecular flexibility index (Phi) is 6.43. The summed E-state index contributed by atoms with van der Waals surface area (Å²) in [7, 11) is 1.61. The Labute approximate surface area is 126 Å². The van der Waals surface area contributed by atoms with Crippen molar-refractivity contribution in [2.75, 3.05) is 13.7 Å².